The van der Waals surface area contributed by atoms with Gasteiger partial charge in [-0.15, -0.1) is 0 Å². The highest BCUT2D eigenvalue weighted by molar-refractivity contribution is 5.89. The Morgan fingerprint density at radius 1 is 1.33 bits per heavy atom. The standard InChI is InChI=1S/C15H28N2O4/c1-3-4-8-21-9-5-6-16-15(19)13-11-14(18)17(12-13)7-10-20-2/h13H,3-12H2,1-2H3,(H,16,19). The maximum atomic E-state index is 12.0. The summed E-state index contributed by atoms with van der Waals surface area (Å²) in [5.41, 5.74) is 0. The lowest BCUT2D eigenvalue weighted by Crippen LogP contribution is -2.34. The molecule has 1 unspecified atom stereocenters. The first-order valence-corrected chi connectivity index (χ1v) is 7.81. The van der Waals surface area contributed by atoms with Gasteiger partial charge in [0.15, 0.2) is 0 Å². The van der Waals surface area contributed by atoms with E-state index in [1.807, 2.05) is 0 Å². The van der Waals surface area contributed by atoms with Crippen LogP contribution in [0.15, 0.2) is 0 Å². The van der Waals surface area contributed by atoms with E-state index in [4.69, 9.17) is 9.47 Å². The molecule has 0 aliphatic carbocycles. The molecule has 1 saturated heterocycles. The first-order valence-electron chi connectivity index (χ1n) is 7.81. The Bertz CT molecular complexity index is 323. The summed E-state index contributed by atoms with van der Waals surface area (Å²) in [5, 5.41) is 2.88. The number of carbonyl (C=O) groups excluding carboxylic acids is 2. The number of methoxy groups -OCH3 is 1. The number of unbranched alkanes of at least 4 members (excludes halogenated alkanes) is 1. The minimum Gasteiger partial charge on any atom is -0.383 e. The van der Waals surface area contributed by atoms with Gasteiger partial charge < -0.3 is 19.7 Å². The minimum absolute atomic E-state index is 0.0307. The third kappa shape index (κ3) is 6.91. The molecule has 122 valence electrons. The van der Waals surface area contributed by atoms with Crippen LogP contribution in [0.1, 0.15) is 32.6 Å². The van der Waals surface area contributed by atoms with Gasteiger partial charge in [0.25, 0.3) is 0 Å². The number of carbonyl (C=O) groups is 2. The van der Waals surface area contributed by atoms with E-state index in [9.17, 15) is 9.59 Å². The molecule has 0 spiro atoms. The zero-order chi connectivity index (χ0) is 15.5. The number of nitrogens with one attached hydrogen (secondary N) is 1. The molecule has 0 saturated carbocycles. The molecular formula is C15H28N2O4. The van der Waals surface area contributed by atoms with Crippen LogP contribution in [0.3, 0.4) is 0 Å². The maximum absolute atomic E-state index is 12.0. The normalized spacial score (nSPS) is 18.3. The van der Waals surface area contributed by atoms with E-state index in [0.717, 1.165) is 25.9 Å². The van der Waals surface area contributed by atoms with E-state index in [2.05, 4.69) is 12.2 Å². The van der Waals surface area contributed by atoms with E-state index in [0.29, 0.717) is 39.3 Å². The average molecular weight is 300 g/mol. The Morgan fingerprint density at radius 3 is 2.81 bits per heavy atom. The smallest absolute Gasteiger partial charge is 0.225 e. The first kappa shape index (κ1) is 17.9. The number of hydrogen-bond donors (Lipinski definition) is 1. The van der Waals surface area contributed by atoms with E-state index in [-0.39, 0.29) is 17.7 Å². The molecule has 21 heavy (non-hydrogen) atoms. The van der Waals surface area contributed by atoms with Gasteiger partial charge in [0, 0.05) is 46.4 Å². The van der Waals surface area contributed by atoms with Crippen molar-refractivity contribution >= 4 is 11.8 Å². The van der Waals surface area contributed by atoms with Crippen molar-refractivity contribution in [1.29, 1.82) is 0 Å². The molecule has 0 aromatic carbocycles. The quantitative estimate of drug-likeness (QED) is 0.573. The van der Waals surface area contributed by atoms with Crippen molar-refractivity contribution in [2.24, 2.45) is 5.92 Å². The van der Waals surface area contributed by atoms with Crippen LogP contribution < -0.4 is 5.32 Å². The van der Waals surface area contributed by atoms with Crippen molar-refractivity contribution in [3.05, 3.63) is 0 Å². The Hall–Kier alpha value is -1.14. The molecule has 6 heteroatoms. The van der Waals surface area contributed by atoms with E-state index in [1.165, 1.54) is 0 Å². The fourth-order valence-corrected chi connectivity index (χ4v) is 2.24. The fourth-order valence-electron chi connectivity index (χ4n) is 2.24. The molecular weight excluding hydrogens is 272 g/mol. The summed E-state index contributed by atoms with van der Waals surface area (Å²) < 4.78 is 10.4. The molecule has 1 aliphatic rings. The van der Waals surface area contributed by atoms with Gasteiger partial charge in [-0.1, -0.05) is 13.3 Å². The molecule has 1 fully saturated rings. The molecule has 6 nitrogen and oxygen atoms in total. The zero-order valence-electron chi connectivity index (χ0n) is 13.2. The summed E-state index contributed by atoms with van der Waals surface area (Å²) >= 11 is 0. The van der Waals surface area contributed by atoms with Crippen molar-refractivity contribution in [3.63, 3.8) is 0 Å². The van der Waals surface area contributed by atoms with Gasteiger partial charge in [-0.2, -0.15) is 0 Å². The molecule has 0 radical (unpaired) electrons. The van der Waals surface area contributed by atoms with Crippen molar-refractivity contribution in [2.45, 2.75) is 32.6 Å². The molecule has 1 rings (SSSR count). The van der Waals surface area contributed by atoms with Crippen LogP contribution in [-0.2, 0) is 19.1 Å². The van der Waals surface area contributed by atoms with Gasteiger partial charge >= 0.3 is 0 Å². The van der Waals surface area contributed by atoms with E-state index < -0.39 is 0 Å². The molecule has 0 bridgehead atoms. The van der Waals surface area contributed by atoms with Crippen LogP contribution in [0.5, 0.6) is 0 Å². The lowest BCUT2D eigenvalue weighted by molar-refractivity contribution is -0.129. The van der Waals surface area contributed by atoms with Crippen molar-refractivity contribution in [2.75, 3.05) is 46.6 Å². The van der Waals surface area contributed by atoms with Gasteiger partial charge in [0.1, 0.15) is 0 Å². The third-order valence-electron chi connectivity index (χ3n) is 3.56. The Balaban J connectivity index is 2.11. The van der Waals surface area contributed by atoms with Crippen LogP contribution in [0, 0.1) is 5.92 Å². The summed E-state index contributed by atoms with van der Waals surface area (Å²) in [6.07, 6.45) is 3.33. The number of likely N-dealkylation sites (tertiary alicyclic amines) is 1. The molecule has 1 N–H and O–H groups in total. The highest BCUT2D eigenvalue weighted by Crippen LogP contribution is 2.17. The minimum atomic E-state index is -0.227. The number of rotatable bonds is 11. The van der Waals surface area contributed by atoms with Crippen LogP contribution in [-0.4, -0.2) is 63.3 Å². The number of amides is 2. The predicted octanol–water partition coefficient (Wildman–Crippen LogP) is 0.804. The molecule has 0 aromatic heterocycles. The SMILES string of the molecule is CCCCOCCCNC(=O)C1CC(=O)N(CCOC)C1. The van der Waals surface area contributed by atoms with Crippen LogP contribution in [0.25, 0.3) is 0 Å². The van der Waals surface area contributed by atoms with Crippen molar-refractivity contribution < 1.29 is 19.1 Å². The van der Waals surface area contributed by atoms with Gasteiger partial charge in [-0.3, -0.25) is 9.59 Å². The molecule has 1 aliphatic heterocycles. The monoisotopic (exact) mass is 300 g/mol. The summed E-state index contributed by atoms with van der Waals surface area (Å²) in [7, 11) is 1.60. The van der Waals surface area contributed by atoms with Crippen molar-refractivity contribution in [1.82, 2.24) is 10.2 Å². The Kier molecular flexibility index (Phi) is 9.01. The summed E-state index contributed by atoms with van der Waals surface area (Å²) in [6, 6.07) is 0. The second-order valence-electron chi connectivity index (χ2n) is 5.34. The highest BCUT2D eigenvalue weighted by atomic mass is 16.5. The van der Waals surface area contributed by atoms with Crippen LogP contribution in [0.4, 0.5) is 0 Å². The fraction of sp³-hybridized carbons (Fsp3) is 0.867. The Morgan fingerprint density at radius 2 is 2.10 bits per heavy atom. The molecule has 0 aromatic rings. The van der Waals surface area contributed by atoms with Crippen LogP contribution >= 0.6 is 0 Å². The van der Waals surface area contributed by atoms with Gasteiger partial charge in [0.2, 0.25) is 11.8 Å². The van der Waals surface area contributed by atoms with Crippen molar-refractivity contribution in [3.8, 4) is 0 Å². The second-order valence-corrected chi connectivity index (χ2v) is 5.34. The largest absolute Gasteiger partial charge is 0.383 e. The Labute approximate surface area is 127 Å². The van der Waals surface area contributed by atoms with E-state index >= 15 is 0 Å². The zero-order valence-corrected chi connectivity index (χ0v) is 13.2. The molecule has 1 atom stereocenters. The van der Waals surface area contributed by atoms with Gasteiger partial charge in [-0.25, -0.2) is 0 Å². The average Bonchev–Trinajstić information content (AvgIpc) is 2.85. The highest BCUT2D eigenvalue weighted by Gasteiger charge is 2.33. The number of nitrogens with zero attached hydrogens (tertiary/aromatic N) is 1. The lowest BCUT2D eigenvalue weighted by atomic mass is 10.1. The summed E-state index contributed by atoms with van der Waals surface area (Å²) in [5.74, 6) is -0.220. The van der Waals surface area contributed by atoms with Gasteiger partial charge in [-0.05, 0) is 12.8 Å². The molecule has 2 amide bonds. The third-order valence-corrected chi connectivity index (χ3v) is 3.56. The van der Waals surface area contributed by atoms with Crippen LogP contribution in [0.2, 0.25) is 0 Å². The molecule has 1 heterocycles. The lowest BCUT2D eigenvalue weighted by Gasteiger charge is -2.15. The number of ether oxygens (including phenoxy) is 2. The summed E-state index contributed by atoms with van der Waals surface area (Å²) in [4.78, 5) is 25.4. The maximum Gasteiger partial charge on any atom is 0.225 e. The van der Waals surface area contributed by atoms with Gasteiger partial charge in [0.05, 0.1) is 12.5 Å². The van der Waals surface area contributed by atoms with E-state index in [1.54, 1.807) is 12.0 Å². The topological polar surface area (TPSA) is 67.9 Å². The predicted molar refractivity (Wildman–Crippen MR) is 79.9 cm³/mol. The second kappa shape index (κ2) is 10.6. The number of hydrogen-bond acceptors (Lipinski definition) is 4. The summed E-state index contributed by atoms with van der Waals surface area (Å²) in [6.45, 7) is 5.76. The first-order chi connectivity index (χ1) is 10.2.